The van der Waals surface area contributed by atoms with Gasteiger partial charge in [-0.25, -0.2) is 9.97 Å². The van der Waals surface area contributed by atoms with Crippen molar-refractivity contribution in [2.75, 3.05) is 32.1 Å². The molecule has 152 valence electrons. The third-order valence-electron chi connectivity index (χ3n) is 4.69. The Bertz CT molecular complexity index is 854. The van der Waals surface area contributed by atoms with Crippen LogP contribution in [0.3, 0.4) is 0 Å². The van der Waals surface area contributed by atoms with E-state index in [1.54, 1.807) is 20.4 Å². The number of aryl methyl sites for hydroxylation is 1. The summed E-state index contributed by atoms with van der Waals surface area (Å²) in [4.78, 5) is 38.3. The maximum absolute atomic E-state index is 12.5. The molecule has 0 unspecified atom stereocenters. The number of nitrogens with zero attached hydrogens (tertiary/aromatic N) is 3. The highest BCUT2D eigenvalue weighted by molar-refractivity contribution is 7.17. The molecule has 2 amide bonds. The summed E-state index contributed by atoms with van der Waals surface area (Å²) in [6.45, 7) is 3.18. The zero-order chi connectivity index (χ0) is 20.3. The number of piperidine rings is 1. The van der Waals surface area contributed by atoms with Gasteiger partial charge < -0.3 is 25.3 Å². The molecule has 2 aromatic rings. The number of aromatic nitrogens is 3. The van der Waals surface area contributed by atoms with Crippen LogP contribution in [0.25, 0.3) is 0 Å². The van der Waals surface area contributed by atoms with Gasteiger partial charge in [-0.2, -0.15) is 0 Å². The van der Waals surface area contributed by atoms with Gasteiger partial charge in [-0.05, 0) is 12.8 Å². The van der Waals surface area contributed by atoms with Gasteiger partial charge in [-0.1, -0.05) is 29.9 Å². The van der Waals surface area contributed by atoms with Crippen molar-refractivity contribution in [3.8, 4) is 0 Å². The van der Waals surface area contributed by atoms with E-state index < -0.39 is 0 Å². The highest BCUT2D eigenvalue weighted by atomic mass is 35.5. The number of aromatic amines is 1. The minimum Gasteiger partial charge on any atom is -0.377 e. The number of carbonyl (C=O) groups excluding carboxylic acids is 2. The molecule has 1 aliphatic rings. The van der Waals surface area contributed by atoms with Crippen LogP contribution in [0.1, 0.15) is 39.3 Å². The van der Waals surface area contributed by atoms with Crippen LogP contribution in [0.4, 0.5) is 5.13 Å². The third-order valence-corrected chi connectivity index (χ3v) is 6.06. The van der Waals surface area contributed by atoms with E-state index in [2.05, 4.69) is 30.5 Å². The van der Waals surface area contributed by atoms with Crippen LogP contribution in [0, 0.1) is 0 Å². The molecule has 0 spiro atoms. The Labute approximate surface area is 171 Å². The van der Waals surface area contributed by atoms with Gasteiger partial charge in [0.2, 0.25) is 0 Å². The maximum Gasteiger partial charge on any atom is 0.287 e. The minimum atomic E-state index is -0.307. The summed E-state index contributed by atoms with van der Waals surface area (Å²) in [5, 5.41) is 6.66. The highest BCUT2D eigenvalue weighted by Crippen LogP contribution is 2.26. The van der Waals surface area contributed by atoms with E-state index in [-0.39, 0.29) is 29.8 Å². The van der Waals surface area contributed by atoms with Gasteiger partial charge in [-0.15, -0.1) is 0 Å². The number of nitrogens with one attached hydrogen (secondary N) is 3. The molecule has 0 aromatic carbocycles. The largest absolute Gasteiger partial charge is 0.377 e. The minimum absolute atomic E-state index is 0.155. The molecule has 0 radical (unpaired) electrons. The van der Waals surface area contributed by atoms with E-state index in [1.807, 2.05) is 6.92 Å². The first-order chi connectivity index (χ1) is 13.5. The molecule has 1 aliphatic heterocycles. The van der Waals surface area contributed by atoms with Crippen molar-refractivity contribution in [2.45, 2.75) is 31.9 Å². The van der Waals surface area contributed by atoms with E-state index in [0.717, 1.165) is 10.8 Å². The molecule has 0 saturated carbocycles. The van der Waals surface area contributed by atoms with Crippen molar-refractivity contribution >= 4 is 39.9 Å². The monoisotopic (exact) mass is 426 g/mol. The van der Waals surface area contributed by atoms with Crippen LogP contribution < -0.4 is 15.5 Å². The van der Waals surface area contributed by atoms with Crippen LogP contribution in [0.2, 0.25) is 5.15 Å². The number of hydrogen-bond donors (Lipinski definition) is 3. The Morgan fingerprint density at radius 1 is 1.46 bits per heavy atom. The third kappa shape index (κ3) is 4.29. The average molecular weight is 427 g/mol. The lowest BCUT2D eigenvalue weighted by Gasteiger charge is -2.37. The molecular weight excluding hydrogens is 404 g/mol. The van der Waals surface area contributed by atoms with Gasteiger partial charge in [0.15, 0.2) is 16.1 Å². The van der Waals surface area contributed by atoms with Gasteiger partial charge >= 0.3 is 0 Å². The summed E-state index contributed by atoms with van der Waals surface area (Å²) in [5.41, 5.74) is 0.737. The van der Waals surface area contributed by atoms with Crippen molar-refractivity contribution in [3.05, 3.63) is 27.7 Å². The summed E-state index contributed by atoms with van der Waals surface area (Å²) in [7, 11) is 3.20. The molecule has 2 aromatic heterocycles. The standard InChI is InChI=1S/C17H23ClN6O3S/c1-4-9-13(18)23-14(21-9)16(26)22-10-5-6-24(8-11(10)27-3)17-20-7-12(28-17)15(25)19-2/h7,10-11H,4-6,8H2,1-3H3,(H,19,25)(H,21,23)(H,22,26)/t10-,11+/m1/s1. The summed E-state index contributed by atoms with van der Waals surface area (Å²) >= 11 is 7.36. The molecule has 0 bridgehead atoms. The lowest BCUT2D eigenvalue weighted by molar-refractivity contribution is 0.0538. The number of imidazole rings is 1. The average Bonchev–Trinajstić information content (AvgIpc) is 3.34. The number of thiazole rings is 1. The van der Waals surface area contributed by atoms with Crippen molar-refractivity contribution in [1.82, 2.24) is 25.6 Å². The van der Waals surface area contributed by atoms with E-state index in [9.17, 15) is 9.59 Å². The predicted molar refractivity (Wildman–Crippen MR) is 107 cm³/mol. The fourth-order valence-corrected chi connectivity index (χ4v) is 4.26. The van der Waals surface area contributed by atoms with Crippen molar-refractivity contribution in [1.29, 1.82) is 0 Å². The Morgan fingerprint density at radius 3 is 2.89 bits per heavy atom. The number of carbonyl (C=O) groups is 2. The first-order valence-corrected chi connectivity index (χ1v) is 10.2. The Hall–Kier alpha value is -2.17. The quantitative estimate of drug-likeness (QED) is 0.644. The van der Waals surface area contributed by atoms with Gasteiger partial charge in [0.1, 0.15) is 4.88 Å². The number of ether oxygens (including phenoxy) is 1. The van der Waals surface area contributed by atoms with Gasteiger partial charge in [0.25, 0.3) is 11.8 Å². The second-order valence-corrected chi connectivity index (χ2v) is 7.75. The van der Waals surface area contributed by atoms with E-state index >= 15 is 0 Å². The normalized spacial score (nSPS) is 19.5. The van der Waals surface area contributed by atoms with Gasteiger partial charge in [-0.3, -0.25) is 9.59 Å². The van der Waals surface area contributed by atoms with Crippen LogP contribution in [-0.2, 0) is 11.2 Å². The van der Waals surface area contributed by atoms with Crippen molar-refractivity contribution < 1.29 is 14.3 Å². The van der Waals surface area contributed by atoms with Crippen LogP contribution in [0.15, 0.2) is 6.20 Å². The molecule has 9 nitrogen and oxygen atoms in total. The summed E-state index contributed by atoms with van der Waals surface area (Å²) < 4.78 is 5.60. The number of H-pyrrole nitrogens is 1. The lowest BCUT2D eigenvalue weighted by Crippen LogP contribution is -2.55. The Kier molecular flexibility index (Phi) is 6.53. The molecule has 1 fully saturated rings. The van der Waals surface area contributed by atoms with Crippen LogP contribution in [-0.4, -0.2) is 66.2 Å². The van der Waals surface area contributed by atoms with Gasteiger partial charge in [0, 0.05) is 27.2 Å². The molecular formula is C17H23ClN6O3S. The number of hydrogen-bond acceptors (Lipinski definition) is 7. The second kappa shape index (κ2) is 8.89. The topological polar surface area (TPSA) is 112 Å². The fraction of sp³-hybridized carbons (Fsp3) is 0.529. The zero-order valence-electron chi connectivity index (χ0n) is 15.9. The van der Waals surface area contributed by atoms with E-state index in [4.69, 9.17) is 16.3 Å². The molecule has 3 rings (SSSR count). The SMILES string of the molecule is CCc1[nH]c(C(=O)N[C@@H]2CCN(c3ncc(C(=O)NC)s3)C[C@@H]2OC)nc1Cl. The predicted octanol–water partition coefficient (Wildman–Crippen LogP) is 1.47. The second-order valence-electron chi connectivity index (χ2n) is 6.38. The summed E-state index contributed by atoms with van der Waals surface area (Å²) in [6.07, 6.45) is 2.69. The lowest BCUT2D eigenvalue weighted by atomic mass is 10.0. The number of rotatable bonds is 6. The molecule has 11 heteroatoms. The maximum atomic E-state index is 12.5. The number of halogens is 1. The fourth-order valence-electron chi connectivity index (χ4n) is 3.10. The number of methoxy groups -OCH3 is 1. The number of anilines is 1. The first-order valence-electron chi connectivity index (χ1n) is 8.97. The number of amides is 2. The molecule has 28 heavy (non-hydrogen) atoms. The summed E-state index contributed by atoms with van der Waals surface area (Å²) in [6, 6.07) is -0.166. The Morgan fingerprint density at radius 2 is 2.25 bits per heavy atom. The summed E-state index contributed by atoms with van der Waals surface area (Å²) in [5.74, 6) is -0.259. The van der Waals surface area contributed by atoms with Crippen LogP contribution >= 0.6 is 22.9 Å². The zero-order valence-corrected chi connectivity index (χ0v) is 17.5. The molecule has 3 N–H and O–H groups in total. The van der Waals surface area contributed by atoms with Gasteiger partial charge in [0.05, 0.1) is 24.0 Å². The smallest absolute Gasteiger partial charge is 0.287 e. The molecule has 2 atom stereocenters. The molecule has 3 heterocycles. The first kappa shape index (κ1) is 20.6. The highest BCUT2D eigenvalue weighted by Gasteiger charge is 2.32. The van der Waals surface area contributed by atoms with E-state index in [1.165, 1.54) is 11.3 Å². The Balaban J connectivity index is 1.64. The van der Waals surface area contributed by atoms with E-state index in [0.29, 0.717) is 36.0 Å². The molecule has 0 aliphatic carbocycles. The van der Waals surface area contributed by atoms with Crippen molar-refractivity contribution in [3.63, 3.8) is 0 Å². The molecule has 1 saturated heterocycles. The van der Waals surface area contributed by atoms with Crippen LogP contribution in [0.5, 0.6) is 0 Å². The van der Waals surface area contributed by atoms with Crippen molar-refractivity contribution in [2.24, 2.45) is 0 Å².